The predicted octanol–water partition coefficient (Wildman–Crippen LogP) is 0.0452. The largest absolute Gasteiger partial charge is 0.379 e. The Kier molecular flexibility index (Phi) is 6.11. The fraction of sp³-hybridized carbons (Fsp3) is 0.533. The van der Waals surface area contributed by atoms with E-state index in [1.165, 1.54) is 31.3 Å². The molecule has 1 heterocycles. The Balaban J connectivity index is 1.98. The van der Waals surface area contributed by atoms with E-state index in [2.05, 4.69) is 14.9 Å². The summed E-state index contributed by atoms with van der Waals surface area (Å²) in [6.07, 6.45) is 0. The summed E-state index contributed by atoms with van der Waals surface area (Å²) in [5.74, 6) is -0.248. The van der Waals surface area contributed by atoms with Gasteiger partial charge in [0.15, 0.2) is 0 Å². The molecule has 1 aromatic carbocycles. The molecule has 128 valence electrons. The molecule has 0 aliphatic carbocycles. The Morgan fingerprint density at radius 1 is 1.26 bits per heavy atom. The minimum Gasteiger partial charge on any atom is -0.379 e. The van der Waals surface area contributed by atoms with Gasteiger partial charge in [-0.05, 0) is 31.2 Å². The minimum absolute atomic E-state index is 0.152. The third kappa shape index (κ3) is 5.00. The average molecular weight is 341 g/mol. The van der Waals surface area contributed by atoms with Gasteiger partial charge in [0.2, 0.25) is 10.0 Å². The topological polar surface area (TPSA) is 87.7 Å². The van der Waals surface area contributed by atoms with E-state index in [1.807, 2.05) is 6.92 Å². The maximum atomic E-state index is 12.4. The predicted molar refractivity (Wildman–Crippen MR) is 86.9 cm³/mol. The molecule has 8 heteroatoms. The van der Waals surface area contributed by atoms with Crippen LogP contribution in [-0.4, -0.2) is 65.2 Å². The van der Waals surface area contributed by atoms with Crippen molar-refractivity contribution in [2.24, 2.45) is 0 Å². The van der Waals surface area contributed by atoms with Crippen LogP contribution in [0.4, 0.5) is 0 Å². The second-order valence-electron chi connectivity index (χ2n) is 5.54. The lowest BCUT2D eigenvalue weighted by Crippen LogP contribution is -2.45. The summed E-state index contributed by atoms with van der Waals surface area (Å²) in [6.45, 7) is 5.46. The molecule has 1 amide bonds. The number of benzene rings is 1. The number of nitrogens with one attached hydrogen (secondary N) is 2. The van der Waals surface area contributed by atoms with E-state index in [-0.39, 0.29) is 16.8 Å². The van der Waals surface area contributed by atoms with Gasteiger partial charge in [-0.3, -0.25) is 9.69 Å². The number of morpholine rings is 1. The Morgan fingerprint density at radius 3 is 2.43 bits per heavy atom. The molecule has 2 N–H and O–H groups in total. The fourth-order valence-corrected chi connectivity index (χ4v) is 3.71. The molecule has 7 nitrogen and oxygen atoms in total. The molecule has 1 aliphatic heterocycles. The van der Waals surface area contributed by atoms with Gasteiger partial charge < -0.3 is 10.1 Å². The summed E-state index contributed by atoms with van der Waals surface area (Å²) in [5.41, 5.74) is 0.424. The van der Waals surface area contributed by atoms with Crippen LogP contribution in [-0.2, 0) is 14.8 Å². The lowest BCUT2D eigenvalue weighted by molar-refractivity contribution is 0.0354. The van der Waals surface area contributed by atoms with Crippen LogP contribution in [0.5, 0.6) is 0 Å². The van der Waals surface area contributed by atoms with Crippen LogP contribution in [0, 0.1) is 0 Å². The molecular weight excluding hydrogens is 318 g/mol. The van der Waals surface area contributed by atoms with Gasteiger partial charge in [0, 0.05) is 38.3 Å². The summed E-state index contributed by atoms with van der Waals surface area (Å²) in [7, 11) is -2.07. The van der Waals surface area contributed by atoms with Crippen LogP contribution in [0.3, 0.4) is 0 Å². The first kappa shape index (κ1) is 17.9. The molecule has 1 aliphatic rings. The van der Waals surface area contributed by atoms with Crippen LogP contribution in [0.25, 0.3) is 0 Å². The van der Waals surface area contributed by atoms with Gasteiger partial charge in [0.1, 0.15) is 0 Å². The Labute approximate surface area is 137 Å². The van der Waals surface area contributed by atoms with Gasteiger partial charge in [-0.25, -0.2) is 13.1 Å². The van der Waals surface area contributed by atoms with Crippen molar-refractivity contribution < 1.29 is 17.9 Å². The van der Waals surface area contributed by atoms with Crippen molar-refractivity contribution in [3.05, 3.63) is 29.8 Å². The van der Waals surface area contributed by atoms with E-state index in [0.717, 1.165) is 13.1 Å². The van der Waals surface area contributed by atoms with Crippen molar-refractivity contribution in [3.63, 3.8) is 0 Å². The number of carbonyl (C=O) groups excluding carboxylic acids is 1. The van der Waals surface area contributed by atoms with Gasteiger partial charge in [-0.1, -0.05) is 0 Å². The third-order valence-corrected chi connectivity index (χ3v) is 5.25. The summed E-state index contributed by atoms with van der Waals surface area (Å²) in [5, 5.41) is 2.50. The zero-order chi connectivity index (χ0) is 16.9. The van der Waals surface area contributed by atoms with Crippen molar-refractivity contribution >= 4 is 15.9 Å². The highest BCUT2D eigenvalue weighted by Gasteiger charge is 2.20. The summed E-state index contributed by atoms with van der Waals surface area (Å²) in [6, 6.07) is 5.67. The molecule has 0 unspecified atom stereocenters. The number of carbonyl (C=O) groups is 1. The maximum Gasteiger partial charge on any atom is 0.251 e. The lowest BCUT2D eigenvalue weighted by Gasteiger charge is -2.29. The molecule has 0 radical (unpaired) electrons. The van der Waals surface area contributed by atoms with Crippen LogP contribution >= 0.6 is 0 Å². The van der Waals surface area contributed by atoms with Crippen molar-refractivity contribution in [2.75, 3.05) is 39.9 Å². The van der Waals surface area contributed by atoms with E-state index in [0.29, 0.717) is 25.3 Å². The van der Waals surface area contributed by atoms with E-state index < -0.39 is 10.0 Å². The SMILES string of the molecule is CNC(=O)c1ccc(S(=O)(=O)N[C@@H](C)CN2CCOCC2)cc1. The number of nitrogens with zero attached hydrogens (tertiary/aromatic N) is 1. The normalized spacial score (nSPS) is 17.7. The zero-order valence-electron chi connectivity index (χ0n) is 13.4. The second-order valence-corrected chi connectivity index (χ2v) is 7.25. The molecule has 1 saturated heterocycles. The van der Waals surface area contributed by atoms with Crippen LogP contribution in [0.1, 0.15) is 17.3 Å². The molecule has 2 rings (SSSR count). The first-order valence-corrected chi connectivity index (χ1v) is 9.05. The van der Waals surface area contributed by atoms with Gasteiger partial charge in [0.05, 0.1) is 18.1 Å². The highest BCUT2D eigenvalue weighted by Crippen LogP contribution is 2.11. The first-order chi connectivity index (χ1) is 10.9. The summed E-state index contributed by atoms with van der Waals surface area (Å²) in [4.78, 5) is 13.8. The van der Waals surface area contributed by atoms with E-state index in [9.17, 15) is 13.2 Å². The lowest BCUT2D eigenvalue weighted by atomic mass is 10.2. The zero-order valence-corrected chi connectivity index (χ0v) is 14.2. The number of sulfonamides is 1. The molecule has 0 aromatic heterocycles. The number of hydrogen-bond donors (Lipinski definition) is 2. The van der Waals surface area contributed by atoms with Crippen molar-refractivity contribution in [1.82, 2.24) is 14.9 Å². The fourth-order valence-electron chi connectivity index (χ4n) is 2.47. The van der Waals surface area contributed by atoms with Gasteiger partial charge >= 0.3 is 0 Å². The average Bonchev–Trinajstić information content (AvgIpc) is 2.54. The summed E-state index contributed by atoms with van der Waals surface area (Å²) < 4.78 is 32.7. The highest BCUT2D eigenvalue weighted by atomic mass is 32.2. The van der Waals surface area contributed by atoms with Gasteiger partial charge in [-0.2, -0.15) is 0 Å². The Bertz CT molecular complexity index is 625. The molecular formula is C15H23N3O4S. The monoisotopic (exact) mass is 341 g/mol. The van der Waals surface area contributed by atoms with Crippen LogP contribution < -0.4 is 10.0 Å². The molecule has 1 atom stereocenters. The smallest absolute Gasteiger partial charge is 0.251 e. The van der Waals surface area contributed by atoms with Crippen LogP contribution in [0.15, 0.2) is 29.2 Å². The maximum absolute atomic E-state index is 12.4. The van der Waals surface area contributed by atoms with E-state index in [1.54, 1.807) is 0 Å². The Morgan fingerprint density at radius 2 is 1.87 bits per heavy atom. The van der Waals surface area contributed by atoms with Crippen molar-refractivity contribution in [2.45, 2.75) is 17.9 Å². The van der Waals surface area contributed by atoms with E-state index in [4.69, 9.17) is 4.74 Å². The third-order valence-electron chi connectivity index (χ3n) is 3.65. The molecule has 1 aromatic rings. The van der Waals surface area contributed by atoms with Gasteiger partial charge in [-0.15, -0.1) is 0 Å². The second kappa shape index (κ2) is 7.87. The molecule has 0 bridgehead atoms. The van der Waals surface area contributed by atoms with Crippen LogP contribution in [0.2, 0.25) is 0 Å². The summed E-state index contributed by atoms with van der Waals surface area (Å²) >= 11 is 0. The molecule has 0 saturated carbocycles. The quantitative estimate of drug-likeness (QED) is 0.763. The van der Waals surface area contributed by atoms with Crippen molar-refractivity contribution in [3.8, 4) is 0 Å². The number of hydrogen-bond acceptors (Lipinski definition) is 5. The molecule has 0 spiro atoms. The minimum atomic E-state index is -3.60. The Hall–Kier alpha value is -1.48. The highest BCUT2D eigenvalue weighted by molar-refractivity contribution is 7.89. The number of rotatable bonds is 6. The standard InChI is InChI=1S/C15H23N3O4S/c1-12(11-18-7-9-22-10-8-18)17-23(20,21)14-5-3-13(4-6-14)15(19)16-2/h3-6,12,17H,7-11H2,1-2H3,(H,16,19)/t12-/m0/s1. The van der Waals surface area contributed by atoms with Crippen molar-refractivity contribution in [1.29, 1.82) is 0 Å². The molecule has 1 fully saturated rings. The first-order valence-electron chi connectivity index (χ1n) is 7.57. The molecule has 23 heavy (non-hydrogen) atoms. The number of ether oxygens (including phenoxy) is 1. The van der Waals surface area contributed by atoms with E-state index >= 15 is 0 Å². The van der Waals surface area contributed by atoms with Gasteiger partial charge in [0.25, 0.3) is 5.91 Å². The number of amides is 1.